The largest absolute Gasteiger partial charge is 0.503 e. The summed E-state index contributed by atoms with van der Waals surface area (Å²) in [5.74, 6) is 0.357. The lowest BCUT2D eigenvalue weighted by atomic mass is 10.2. The van der Waals surface area contributed by atoms with Crippen molar-refractivity contribution in [2.75, 3.05) is 5.32 Å². The first-order valence-corrected chi connectivity index (χ1v) is 6.37. The predicted octanol–water partition coefficient (Wildman–Crippen LogP) is 3.15. The fraction of sp³-hybridized carbons (Fsp3) is 0.154. The Labute approximate surface area is 113 Å². The van der Waals surface area contributed by atoms with Crippen molar-refractivity contribution in [2.24, 2.45) is 0 Å². The number of rotatable bonds is 3. The summed E-state index contributed by atoms with van der Waals surface area (Å²) < 4.78 is 0.987. The molecule has 0 unspecified atom stereocenters. The van der Waals surface area contributed by atoms with Crippen LogP contribution in [0.15, 0.2) is 39.6 Å². The lowest BCUT2D eigenvalue weighted by Gasteiger charge is -2.09. The van der Waals surface area contributed by atoms with Gasteiger partial charge in [-0.05, 0) is 30.7 Å². The zero-order valence-electron chi connectivity index (χ0n) is 9.83. The topological polar surface area (TPSA) is 65.1 Å². The molecular weight excluding hydrogens is 296 g/mol. The van der Waals surface area contributed by atoms with Crippen molar-refractivity contribution >= 4 is 27.4 Å². The van der Waals surface area contributed by atoms with Crippen LogP contribution < -0.4 is 10.7 Å². The molecular formula is C13H13BrN2O2. The molecule has 0 aliphatic heterocycles. The molecule has 1 aromatic carbocycles. The van der Waals surface area contributed by atoms with E-state index < -0.39 is 0 Å². The summed E-state index contributed by atoms with van der Waals surface area (Å²) in [6.45, 7) is 1.87. The molecule has 0 aliphatic rings. The van der Waals surface area contributed by atoms with Crippen molar-refractivity contribution in [1.82, 2.24) is 4.98 Å². The Morgan fingerprint density at radius 1 is 1.33 bits per heavy atom. The van der Waals surface area contributed by atoms with Crippen molar-refractivity contribution < 1.29 is 5.11 Å². The van der Waals surface area contributed by atoms with Gasteiger partial charge in [-0.3, -0.25) is 4.79 Å². The smallest absolute Gasteiger partial charge is 0.225 e. The quantitative estimate of drug-likeness (QED) is 0.816. The van der Waals surface area contributed by atoms with Crippen LogP contribution in [0.1, 0.15) is 12.6 Å². The van der Waals surface area contributed by atoms with Gasteiger partial charge in [0, 0.05) is 16.2 Å². The molecule has 0 bridgehead atoms. The summed E-state index contributed by atoms with van der Waals surface area (Å²) >= 11 is 3.36. The maximum Gasteiger partial charge on any atom is 0.225 e. The van der Waals surface area contributed by atoms with Crippen LogP contribution in [-0.4, -0.2) is 10.1 Å². The monoisotopic (exact) mass is 308 g/mol. The number of aromatic nitrogens is 1. The van der Waals surface area contributed by atoms with E-state index in [1.165, 1.54) is 6.07 Å². The third kappa shape index (κ3) is 2.73. The first-order chi connectivity index (χ1) is 8.60. The predicted molar refractivity (Wildman–Crippen MR) is 75.5 cm³/mol. The van der Waals surface area contributed by atoms with Gasteiger partial charge in [0.05, 0.1) is 5.69 Å². The SMILES string of the molecule is CCc1[nH]c(Nc2ccc(Br)cc2)cc(=O)c1O. The molecule has 2 rings (SSSR count). The molecule has 94 valence electrons. The van der Waals surface area contributed by atoms with Gasteiger partial charge in [-0.2, -0.15) is 0 Å². The van der Waals surface area contributed by atoms with E-state index in [1.54, 1.807) is 0 Å². The van der Waals surface area contributed by atoms with E-state index in [1.807, 2.05) is 31.2 Å². The van der Waals surface area contributed by atoms with Crippen LogP contribution in [0.25, 0.3) is 0 Å². The molecule has 0 spiro atoms. The van der Waals surface area contributed by atoms with E-state index >= 15 is 0 Å². The Hall–Kier alpha value is -1.75. The van der Waals surface area contributed by atoms with E-state index in [-0.39, 0.29) is 11.2 Å². The maximum atomic E-state index is 11.5. The third-order valence-electron chi connectivity index (χ3n) is 2.56. The fourth-order valence-corrected chi connectivity index (χ4v) is 1.88. The molecule has 0 radical (unpaired) electrons. The van der Waals surface area contributed by atoms with Crippen LogP contribution in [0, 0.1) is 0 Å². The van der Waals surface area contributed by atoms with Gasteiger partial charge in [-0.15, -0.1) is 0 Å². The zero-order chi connectivity index (χ0) is 13.1. The van der Waals surface area contributed by atoms with Gasteiger partial charge < -0.3 is 15.4 Å². The van der Waals surface area contributed by atoms with E-state index in [0.29, 0.717) is 17.9 Å². The first kappa shape index (κ1) is 12.7. The minimum atomic E-state index is -0.384. The molecule has 0 atom stereocenters. The normalized spacial score (nSPS) is 10.3. The summed E-state index contributed by atoms with van der Waals surface area (Å²) in [6, 6.07) is 8.93. The lowest BCUT2D eigenvalue weighted by molar-refractivity contribution is 0.460. The highest BCUT2D eigenvalue weighted by atomic mass is 79.9. The molecule has 3 N–H and O–H groups in total. The summed E-state index contributed by atoms with van der Waals surface area (Å²) in [5.41, 5.74) is 1.01. The Bertz CT molecular complexity index is 605. The van der Waals surface area contributed by atoms with Crippen molar-refractivity contribution in [3.63, 3.8) is 0 Å². The van der Waals surface area contributed by atoms with Crippen LogP contribution >= 0.6 is 15.9 Å². The van der Waals surface area contributed by atoms with Crippen molar-refractivity contribution in [3.05, 3.63) is 50.7 Å². The van der Waals surface area contributed by atoms with Gasteiger partial charge in [0.25, 0.3) is 0 Å². The number of hydrogen-bond donors (Lipinski definition) is 3. The average molecular weight is 309 g/mol. The molecule has 0 fully saturated rings. The summed E-state index contributed by atoms with van der Waals surface area (Å²) in [5, 5.41) is 12.6. The number of benzene rings is 1. The van der Waals surface area contributed by atoms with E-state index in [0.717, 1.165) is 10.2 Å². The highest BCUT2D eigenvalue weighted by Crippen LogP contribution is 2.19. The minimum Gasteiger partial charge on any atom is -0.503 e. The Morgan fingerprint density at radius 2 is 2.00 bits per heavy atom. The highest BCUT2D eigenvalue weighted by molar-refractivity contribution is 9.10. The number of pyridine rings is 1. The summed E-state index contributed by atoms with van der Waals surface area (Å²) in [6.07, 6.45) is 0.566. The van der Waals surface area contributed by atoms with E-state index in [2.05, 4.69) is 26.2 Å². The second-order valence-corrected chi connectivity index (χ2v) is 4.78. The summed E-state index contributed by atoms with van der Waals surface area (Å²) in [7, 11) is 0. The highest BCUT2D eigenvalue weighted by Gasteiger charge is 2.06. The Kier molecular flexibility index (Phi) is 3.72. The molecule has 0 aliphatic carbocycles. The number of hydrogen-bond acceptors (Lipinski definition) is 3. The van der Waals surface area contributed by atoms with Gasteiger partial charge in [-0.25, -0.2) is 0 Å². The van der Waals surface area contributed by atoms with Crippen LogP contribution in [0.5, 0.6) is 5.75 Å². The van der Waals surface area contributed by atoms with Crippen molar-refractivity contribution in [3.8, 4) is 5.75 Å². The standard InChI is InChI=1S/C13H13BrN2O2/c1-2-10-13(18)11(17)7-12(16-10)15-9-5-3-8(14)4-6-9/h3-7,18H,2H2,1H3,(H2,15,16,17). The number of nitrogens with one attached hydrogen (secondary N) is 2. The lowest BCUT2D eigenvalue weighted by Crippen LogP contribution is -2.07. The van der Waals surface area contributed by atoms with Crippen molar-refractivity contribution in [2.45, 2.75) is 13.3 Å². The number of aromatic hydroxyl groups is 1. The second kappa shape index (κ2) is 5.27. The molecule has 18 heavy (non-hydrogen) atoms. The zero-order valence-corrected chi connectivity index (χ0v) is 11.4. The van der Waals surface area contributed by atoms with Crippen molar-refractivity contribution in [1.29, 1.82) is 0 Å². The number of aryl methyl sites for hydroxylation is 1. The molecule has 4 nitrogen and oxygen atoms in total. The third-order valence-corrected chi connectivity index (χ3v) is 3.09. The van der Waals surface area contributed by atoms with E-state index in [9.17, 15) is 9.90 Å². The van der Waals surface area contributed by atoms with Gasteiger partial charge >= 0.3 is 0 Å². The van der Waals surface area contributed by atoms with Gasteiger partial charge in [0.2, 0.25) is 5.43 Å². The first-order valence-electron chi connectivity index (χ1n) is 5.58. The summed E-state index contributed by atoms with van der Waals surface area (Å²) in [4.78, 5) is 14.5. The van der Waals surface area contributed by atoms with Crippen LogP contribution in [0.4, 0.5) is 11.5 Å². The van der Waals surface area contributed by atoms with E-state index in [4.69, 9.17) is 0 Å². The maximum absolute atomic E-state index is 11.5. The molecule has 5 heteroatoms. The van der Waals surface area contributed by atoms with Crippen LogP contribution in [-0.2, 0) is 6.42 Å². The second-order valence-electron chi connectivity index (χ2n) is 3.86. The molecule has 1 heterocycles. The van der Waals surface area contributed by atoms with Gasteiger partial charge in [0.1, 0.15) is 5.82 Å². The molecule has 1 aromatic heterocycles. The minimum absolute atomic E-state index is 0.209. The molecule has 0 amide bonds. The molecule has 2 aromatic rings. The number of aromatic amines is 1. The van der Waals surface area contributed by atoms with Gasteiger partial charge in [-0.1, -0.05) is 22.9 Å². The molecule has 0 saturated carbocycles. The van der Waals surface area contributed by atoms with Crippen LogP contribution in [0.3, 0.4) is 0 Å². The van der Waals surface area contributed by atoms with Crippen LogP contribution in [0.2, 0.25) is 0 Å². The molecule has 0 saturated heterocycles. The number of anilines is 2. The number of H-pyrrole nitrogens is 1. The van der Waals surface area contributed by atoms with Gasteiger partial charge in [0.15, 0.2) is 5.75 Å². The Balaban J connectivity index is 2.32. The Morgan fingerprint density at radius 3 is 2.61 bits per heavy atom. The number of halogens is 1. The average Bonchev–Trinajstić information content (AvgIpc) is 2.36. The fourth-order valence-electron chi connectivity index (χ4n) is 1.62.